The van der Waals surface area contributed by atoms with Gasteiger partial charge in [0.05, 0.1) is 5.52 Å². The zero-order chi connectivity index (χ0) is 20.1. The number of benzene rings is 2. The Hall–Kier alpha value is -4.25. The summed E-state index contributed by atoms with van der Waals surface area (Å²) in [6, 6.07) is 25.3. The molecule has 0 aliphatic heterocycles. The molecular formula is C25H15N3O2. The van der Waals surface area contributed by atoms with Crippen LogP contribution in [0.25, 0.3) is 55.5 Å². The van der Waals surface area contributed by atoms with E-state index in [1.165, 1.54) is 6.07 Å². The van der Waals surface area contributed by atoms with Crippen molar-refractivity contribution >= 4 is 32.9 Å². The van der Waals surface area contributed by atoms with Crippen LogP contribution >= 0.6 is 0 Å². The second-order valence-electron chi connectivity index (χ2n) is 7.20. The maximum atomic E-state index is 11.8. The van der Waals surface area contributed by atoms with E-state index in [4.69, 9.17) is 9.40 Å². The van der Waals surface area contributed by atoms with Crippen LogP contribution in [0, 0.1) is 0 Å². The predicted molar refractivity (Wildman–Crippen MR) is 118 cm³/mol. The molecule has 0 radical (unpaired) electrons. The minimum absolute atomic E-state index is 0.185. The van der Waals surface area contributed by atoms with Crippen molar-refractivity contribution < 1.29 is 4.42 Å². The van der Waals surface area contributed by atoms with E-state index in [-0.39, 0.29) is 5.56 Å². The van der Waals surface area contributed by atoms with Crippen molar-refractivity contribution in [2.45, 2.75) is 0 Å². The quantitative estimate of drug-likeness (QED) is 0.421. The van der Waals surface area contributed by atoms with Crippen molar-refractivity contribution in [2.24, 2.45) is 0 Å². The summed E-state index contributed by atoms with van der Waals surface area (Å²) in [5.41, 5.74) is 4.70. The number of aromatic nitrogens is 3. The number of pyridine rings is 3. The summed E-state index contributed by atoms with van der Waals surface area (Å²) < 4.78 is 6.12. The number of fused-ring (bicyclic) bond motifs is 3. The van der Waals surface area contributed by atoms with Crippen LogP contribution in [0.1, 0.15) is 0 Å². The number of aromatic amines is 1. The zero-order valence-electron chi connectivity index (χ0n) is 15.8. The van der Waals surface area contributed by atoms with Gasteiger partial charge in [-0.2, -0.15) is 0 Å². The first-order chi connectivity index (χ1) is 14.7. The standard InChI is InChI=1S/C25H15N3O2/c29-23-10-8-18-13-19(15-7-9-20-16(12-15)5-3-11-26-20)24(28-25(18)27-23)22-14-17-4-1-2-6-21(17)30-22/h1-14H,(H,27,28,29). The monoisotopic (exact) mass is 389 g/mol. The lowest BCUT2D eigenvalue weighted by Gasteiger charge is -2.10. The van der Waals surface area contributed by atoms with E-state index in [9.17, 15) is 4.79 Å². The van der Waals surface area contributed by atoms with Crippen molar-refractivity contribution in [1.82, 2.24) is 15.0 Å². The van der Waals surface area contributed by atoms with Gasteiger partial charge in [-0.3, -0.25) is 9.78 Å². The van der Waals surface area contributed by atoms with Gasteiger partial charge in [0.2, 0.25) is 5.56 Å². The molecule has 6 aromatic rings. The average Bonchev–Trinajstić information content (AvgIpc) is 3.22. The molecule has 6 rings (SSSR count). The third kappa shape index (κ3) is 2.68. The Morgan fingerprint density at radius 3 is 2.63 bits per heavy atom. The lowest BCUT2D eigenvalue weighted by molar-refractivity contribution is 0.629. The van der Waals surface area contributed by atoms with E-state index < -0.39 is 0 Å². The van der Waals surface area contributed by atoms with E-state index in [1.54, 1.807) is 12.3 Å². The van der Waals surface area contributed by atoms with Crippen molar-refractivity contribution in [2.75, 3.05) is 0 Å². The van der Waals surface area contributed by atoms with Crippen LogP contribution in [-0.4, -0.2) is 15.0 Å². The number of nitrogens with one attached hydrogen (secondary N) is 1. The highest BCUT2D eigenvalue weighted by Crippen LogP contribution is 2.36. The molecule has 0 atom stereocenters. The number of furan rings is 1. The van der Waals surface area contributed by atoms with Gasteiger partial charge in [0.15, 0.2) is 5.76 Å². The van der Waals surface area contributed by atoms with Crippen LogP contribution in [-0.2, 0) is 0 Å². The number of H-pyrrole nitrogens is 1. The number of nitrogens with zero attached hydrogens (tertiary/aromatic N) is 2. The van der Waals surface area contributed by atoms with E-state index in [0.717, 1.165) is 38.4 Å². The van der Waals surface area contributed by atoms with Crippen LogP contribution in [0.15, 0.2) is 94.3 Å². The Labute approximate surface area is 170 Å². The van der Waals surface area contributed by atoms with Crippen molar-refractivity contribution in [3.8, 4) is 22.6 Å². The molecule has 4 heterocycles. The minimum Gasteiger partial charge on any atom is -0.454 e. The first-order valence-corrected chi connectivity index (χ1v) is 9.63. The molecule has 0 fully saturated rings. The van der Waals surface area contributed by atoms with Crippen molar-refractivity contribution in [3.05, 3.63) is 95.4 Å². The Bertz CT molecular complexity index is 1600. The molecule has 5 heteroatoms. The molecule has 5 nitrogen and oxygen atoms in total. The number of hydrogen-bond donors (Lipinski definition) is 1. The van der Waals surface area contributed by atoms with Crippen LogP contribution in [0.3, 0.4) is 0 Å². The number of hydrogen-bond acceptors (Lipinski definition) is 4. The molecule has 0 saturated carbocycles. The van der Waals surface area contributed by atoms with Gasteiger partial charge in [0.25, 0.3) is 0 Å². The van der Waals surface area contributed by atoms with Crippen molar-refractivity contribution in [3.63, 3.8) is 0 Å². The van der Waals surface area contributed by atoms with E-state index in [1.807, 2.05) is 60.7 Å². The lowest BCUT2D eigenvalue weighted by Crippen LogP contribution is -2.04. The topological polar surface area (TPSA) is 71.8 Å². The van der Waals surface area contributed by atoms with Crippen molar-refractivity contribution in [1.29, 1.82) is 0 Å². The zero-order valence-corrected chi connectivity index (χ0v) is 15.8. The van der Waals surface area contributed by atoms with Gasteiger partial charge in [0, 0.05) is 34.0 Å². The molecule has 1 N–H and O–H groups in total. The third-order valence-corrected chi connectivity index (χ3v) is 5.28. The third-order valence-electron chi connectivity index (χ3n) is 5.28. The highest BCUT2D eigenvalue weighted by Gasteiger charge is 2.16. The lowest BCUT2D eigenvalue weighted by atomic mass is 9.99. The summed E-state index contributed by atoms with van der Waals surface area (Å²) in [6.07, 6.45) is 1.79. The Morgan fingerprint density at radius 1 is 0.800 bits per heavy atom. The molecule has 0 amide bonds. The second kappa shape index (κ2) is 6.39. The molecular weight excluding hydrogens is 374 g/mol. The van der Waals surface area contributed by atoms with Gasteiger partial charge in [-0.15, -0.1) is 0 Å². The highest BCUT2D eigenvalue weighted by atomic mass is 16.3. The van der Waals surface area contributed by atoms with E-state index in [2.05, 4.69) is 16.0 Å². The normalized spacial score (nSPS) is 11.5. The Balaban J connectivity index is 1.67. The van der Waals surface area contributed by atoms with Crippen LogP contribution < -0.4 is 5.56 Å². The van der Waals surface area contributed by atoms with E-state index in [0.29, 0.717) is 17.1 Å². The van der Waals surface area contributed by atoms with Gasteiger partial charge in [0.1, 0.15) is 16.9 Å². The summed E-state index contributed by atoms with van der Waals surface area (Å²) in [5.74, 6) is 0.657. The van der Waals surface area contributed by atoms with Gasteiger partial charge in [-0.05, 0) is 48.0 Å². The van der Waals surface area contributed by atoms with Gasteiger partial charge >= 0.3 is 0 Å². The molecule has 0 aliphatic rings. The smallest absolute Gasteiger partial charge is 0.249 e. The SMILES string of the molecule is O=c1ccc2cc(-c3ccc4ncccc4c3)c(-c3cc4ccccc4o3)nc2[nH]1. The molecule has 0 saturated heterocycles. The maximum Gasteiger partial charge on any atom is 0.249 e. The molecule has 2 aromatic carbocycles. The summed E-state index contributed by atoms with van der Waals surface area (Å²) in [4.78, 5) is 23.9. The summed E-state index contributed by atoms with van der Waals surface area (Å²) >= 11 is 0. The average molecular weight is 389 g/mol. The minimum atomic E-state index is -0.185. The first kappa shape index (κ1) is 16.7. The molecule has 0 spiro atoms. The number of rotatable bonds is 2. The molecule has 142 valence electrons. The fourth-order valence-electron chi connectivity index (χ4n) is 3.83. The summed E-state index contributed by atoms with van der Waals surface area (Å²) in [6.45, 7) is 0. The maximum absolute atomic E-state index is 11.8. The van der Waals surface area contributed by atoms with Gasteiger partial charge < -0.3 is 9.40 Å². The van der Waals surface area contributed by atoms with Crippen LogP contribution in [0.2, 0.25) is 0 Å². The Morgan fingerprint density at radius 2 is 1.70 bits per heavy atom. The largest absolute Gasteiger partial charge is 0.454 e. The molecule has 0 aliphatic carbocycles. The van der Waals surface area contributed by atoms with E-state index >= 15 is 0 Å². The van der Waals surface area contributed by atoms with Gasteiger partial charge in [-0.25, -0.2) is 4.98 Å². The fourth-order valence-corrected chi connectivity index (χ4v) is 3.83. The Kier molecular flexibility index (Phi) is 3.55. The summed E-state index contributed by atoms with van der Waals surface area (Å²) in [5, 5.41) is 2.91. The molecule has 0 unspecified atom stereocenters. The number of para-hydroxylation sites is 1. The van der Waals surface area contributed by atoms with Gasteiger partial charge in [-0.1, -0.05) is 30.3 Å². The van der Waals surface area contributed by atoms with Crippen LogP contribution in [0.5, 0.6) is 0 Å². The second-order valence-corrected chi connectivity index (χ2v) is 7.20. The predicted octanol–water partition coefficient (Wildman–Crippen LogP) is 5.55. The first-order valence-electron chi connectivity index (χ1n) is 9.63. The van der Waals surface area contributed by atoms with Crippen LogP contribution in [0.4, 0.5) is 0 Å². The highest BCUT2D eigenvalue weighted by molar-refractivity contribution is 5.94. The summed E-state index contributed by atoms with van der Waals surface area (Å²) in [7, 11) is 0. The molecule has 30 heavy (non-hydrogen) atoms. The molecule has 0 bridgehead atoms. The fraction of sp³-hybridized carbons (Fsp3) is 0. The molecule has 4 aromatic heterocycles.